The third-order valence-electron chi connectivity index (χ3n) is 2.33. The Morgan fingerprint density at radius 2 is 1.50 bits per heavy atom. The van der Waals surface area contributed by atoms with Crippen molar-refractivity contribution in [2.75, 3.05) is 0 Å². The zero-order valence-electron chi connectivity index (χ0n) is 8.90. The molecular weight excluding hydrogens is 203 g/mol. The van der Waals surface area contributed by atoms with Gasteiger partial charge in [-0.15, -0.1) is 0 Å². The van der Waals surface area contributed by atoms with Crippen molar-refractivity contribution in [3.05, 3.63) is 65.7 Å². The Kier molecular flexibility index (Phi) is 3.54. The summed E-state index contributed by atoms with van der Waals surface area (Å²) in [6.45, 7) is 0.106. The average Bonchev–Trinajstić information content (AvgIpc) is 2.38. The van der Waals surface area contributed by atoms with E-state index in [0.29, 0.717) is 12.2 Å². The monoisotopic (exact) mass is 216 g/mol. The van der Waals surface area contributed by atoms with Crippen LogP contribution in [0.3, 0.4) is 0 Å². The Bertz CT molecular complexity index is 422. The Morgan fingerprint density at radius 3 is 2.12 bits per heavy atom. The van der Waals surface area contributed by atoms with Gasteiger partial charge in [0, 0.05) is 0 Å². The number of alkyl halides is 1. The number of rotatable bonds is 4. The standard InChI is InChI=1S/C14H13FO/c15-10-12-6-8-14(9-7-12)16-11-13-4-2-1-3-5-13/h1-9H,10-11H2. The van der Waals surface area contributed by atoms with Gasteiger partial charge in [0.05, 0.1) is 0 Å². The van der Waals surface area contributed by atoms with Crippen LogP contribution in [0.15, 0.2) is 54.6 Å². The van der Waals surface area contributed by atoms with E-state index in [1.54, 1.807) is 24.3 Å². The highest BCUT2D eigenvalue weighted by molar-refractivity contribution is 5.27. The maximum atomic E-state index is 12.3. The largest absolute Gasteiger partial charge is 0.489 e. The van der Waals surface area contributed by atoms with E-state index < -0.39 is 6.67 Å². The molecule has 16 heavy (non-hydrogen) atoms. The predicted molar refractivity (Wildman–Crippen MR) is 62.0 cm³/mol. The summed E-state index contributed by atoms with van der Waals surface area (Å²) in [6.07, 6.45) is 0. The summed E-state index contributed by atoms with van der Waals surface area (Å²) in [5.74, 6) is 0.765. The highest BCUT2D eigenvalue weighted by atomic mass is 19.1. The highest BCUT2D eigenvalue weighted by Gasteiger charge is 1.96. The molecule has 2 rings (SSSR count). The molecule has 0 fully saturated rings. The van der Waals surface area contributed by atoms with Crippen LogP contribution in [-0.4, -0.2) is 0 Å². The Morgan fingerprint density at radius 1 is 0.812 bits per heavy atom. The first-order valence-corrected chi connectivity index (χ1v) is 5.20. The van der Waals surface area contributed by atoms with Crippen LogP contribution in [0.5, 0.6) is 5.75 Å². The fourth-order valence-corrected chi connectivity index (χ4v) is 1.42. The van der Waals surface area contributed by atoms with Crippen molar-refractivity contribution in [2.24, 2.45) is 0 Å². The molecule has 1 nitrogen and oxygen atoms in total. The zero-order valence-corrected chi connectivity index (χ0v) is 8.90. The molecule has 0 bridgehead atoms. The van der Waals surface area contributed by atoms with Crippen LogP contribution in [0, 0.1) is 0 Å². The van der Waals surface area contributed by atoms with Crippen molar-refractivity contribution in [2.45, 2.75) is 13.3 Å². The SMILES string of the molecule is FCc1ccc(OCc2ccccc2)cc1. The molecule has 0 spiro atoms. The van der Waals surface area contributed by atoms with E-state index in [9.17, 15) is 4.39 Å². The average molecular weight is 216 g/mol. The van der Waals surface area contributed by atoms with Gasteiger partial charge in [0.2, 0.25) is 0 Å². The Balaban J connectivity index is 1.94. The van der Waals surface area contributed by atoms with E-state index in [1.807, 2.05) is 30.3 Å². The summed E-state index contributed by atoms with van der Waals surface area (Å²) in [5, 5.41) is 0. The smallest absolute Gasteiger partial charge is 0.119 e. The van der Waals surface area contributed by atoms with Crippen LogP contribution >= 0.6 is 0 Å². The van der Waals surface area contributed by atoms with E-state index in [0.717, 1.165) is 11.3 Å². The molecule has 0 N–H and O–H groups in total. The first-order valence-electron chi connectivity index (χ1n) is 5.20. The third kappa shape index (κ3) is 2.83. The number of halogens is 1. The molecule has 0 aliphatic rings. The predicted octanol–water partition coefficient (Wildman–Crippen LogP) is 3.74. The number of ether oxygens (including phenoxy) is 1. The molecule has 2 heteroatoms. The van der Waals surface area contributed by atoms with Gasteiger partial charge < -0.3 is 4.74 Å². The Hall–Kier alpha value is -1.83. The second-order valence-electron chi connectivity index (χ2n) is 3.55. The van der Waals surface area contributed by atoms with Crippen LogP contribution in [0.2, 0.25) is 0 Å². The lowest BCUT2D eigenvalue weighted by atomic mass is 10.2. The van der Waals surface area contributed by atoms with Crippen molar-refractivity contribution in [3.8, 4) is 5.75 Å². The molecule has 0 amide bonds. The molecule has 0 saturated heterocycles. The van der Waals surface area contributed by atoms with Crippen molar-refractivity contribution in [1.29, 1.82) is 0 Å². The van der Waals surface area contributed by atoms with E-state index in [1.165, 1.54) is 0 Å². The quantitative estimate of drug-likeness (QED) is 0.756. The van der Waals surface area contributed by atoms with Crippen LogP contribution in [-0.2, 0) is 13.3 Å². The van der Waals surface area contributed by atoms with E-state index in [4.69, 9.17) is 4.74 Å². The normalized spacial score (nSPS) is 10.1. The molecule has 0 atom stereocenters. The van der Waals surface area contributed by atoms with Gasteiger partial charge in [-0.3, -0.25) is 0 Å². The van der Waals surface area contributed by atoms with E-state index in [2.05, 4.69) is 0 Å². The van der Waals surface area contributed by atoms with Gasteiger partial charge >= 0.3 is 0 Å². The van der Waals surface area contributed by atoms with Crippen LogP contribution < -0.4 is 4.74 Å². The van der Waals surface area contributed by atoms with Crippen molar-refractivity contribution < 1.29 is 9.13 Å². The summed E-state index contributed by atoms with van der Waals surface area (Å²) < 4.78 is 17.8. The van der Waals surface area contributed by atoms with Gasteiger partial charge in [0.1, 0.15) is 19.0 Å². The molecule has 0 aliphatic carbocycles. The molecular formula is C14H13FO. The first kappa shape index (κ1) is 10.7. The minimum absolute atomic E-state index is 0.432. The van der Waals surface area contributed by atoms with E-state index in [-0.39, 0.29) is 0 Å². The summed E-state index contributed by atoms with van der Waals surface area (Å²) in [6, 6.07) is 17.0. The molecule has 0 unspecified atom stereocenters. The maximum absolute atomic E-state index is 12.3. The lowest BCUT2D eigenvalue weighted by Gasteiger charge is -2.06. The van der Waals surface area contributed by atoms with Crippen molar-refractivity contribution >= 4 is 0 Å². The van der Waals surface area contributed by atoms with E-state index >= 15 is 0 Å². The van der Waals surface area contributed by atoms with Gasteiger partial charge in [-0.1, -0.05) is 42.5 Å². The lowest BCUT2D eigenvalue weighted by Crippen LogP contribution is -1.94. The molecule has 0 heterocycles. The summed E-state index contributed by atoms with van der Waals surface area (Å²) in [5.41, 5.74) is 1.80. The minimum Gasteiger partial charge on any atom is -0.489 e. The van der Waals surface area contributed by atoms with Gasteiger partial charge in [0.25, 0.3) is 0 Å². The molecule has 82 valence electrons. The van der Waals surface area contributed by atoms with Crippen molar-refractivity contribution in [3.63, 3.8) is 0 Å². The molecule has 2 aromatic rings. The van der Waals surface area contributed by atoms with Gasteiger partial charge in [-0.2, -0.15) is 0 Å². The molecule has 2 aromatic carbocycles. The van der Waals surface area contributed by atoms with Gasteiger partial charge in [0.15, 0.2) is 0 Å². The Labute approximate surface area is 94.5 Å². The summed E-state index contributed by atoms with van der Waals surface area (Å²) in [4.78, 5) is 0. The second kappa shape index (κ2) is 5.31. The third-order valence-corrected chi connectivity index (χ3v) is 2.33. The summed E-state index contributed by atoms with van der Waals surface area (Å²) >= 11 is 0. The molecule has 0 radical (unpaired) electrons. The van der Waals surface area contributed by atoms with Crippen LogP contribution in [0.1, 0.15) is 11.1 Å². The van der Waals surface area contributed by atoms with Crippen LogP contribution in [0.25, 0.3) is 0 Å². The first-order chi connectivity index (χ1) is 7.88. The zero-order chi connectivity index (χ0) is 11.2. The summed E-state index contributed by atoms with van der Waals surface area (Å²) in [7, 11) is 0. The van der Waals surface area contributed by atoms with Gasteiger partial charge in [-0.05, 0) is 23.3 Å². The fourth-order valence-electron chi connectivity index (χ4n) is 1.42. The topological polar surface area (TPSA) is 9.23 Å². The fraction of sp³-hybridized carbons (Fsp3) is 0.143. The molecule has 0 saturated carbocycles. The molecule has 0 aromatic heterocycles. The van der Waals surface area contributed by atoms with Gasteiger partial charge in [-0.25, -0.2) is 4.39 Å². The number of benzene rings is 2. The van der Waals surface area contributed by atoms with Crippen LogP contribution in [0.4, 0.5) is 4.39 Å². The highest BCUT2D eigenvalue weighted by Crippen LogP contribution is 2.14. The number of hydrogen-bond acceptors (Lipinski definition) is 1. The lowest BCUT2D eigenvalue weighted by molar-refractivity contribution is 0.306. The minimum atomic E-state index is -0.432. The maximum Gasteiger partial charge on any atom is 0.119 e. The molecule has 0 aliphatic heterocycles. The number of hydrogen-bond donors (Lipinski definition) is 0. The second-order valence-corrected chi connectivity index (χ2v) is 3.55. The van der Waals surface area contributed by atoms with Crippen molar-refractivity contribution in [1.82, 2.24) is 0 Å².